The van der Waals surface area contributed by atoms with Gasteiger partial charge in [0.15, 0.2) is 0 Å². The van der Waals surface area contributed by atoms with Crippen molar-refractivity contribution >= 4 is 17.7 Å². The number of carbonyl (C=O) groups excluding carboxylic acids is 1. The van der Waals surface area contributed by atoms with Crippen molar-refractivity contribution in [2.75, 3.05) is 12.9 Å². The van der Waals surface area contributed by atoms with Gasteiger partial charge < -0.3 is 10.1 Å². The molecule has 0 bridgehead atoms. The molecular formula is C19H27N5O2S. The van der Waals surface area contributed by atoms with Gasteiger partial charge >= 0.3 is 0 Å². The lowest BCUT2D eigenvalue weighted by Gasteiger charge is -2.20. The van der Waals surface area contributed by atoms with Crippen LogP contribution < -0.4 is 10.1 Å². The molecule has 146 valence electrons. The monoisotopic (exact) mass is 389 g/mol. The molecule has 1 aromatic heterocycles. The normalized spacial score (nSPS) is 15.7. The average Bonchev–Trinajstić information content (AvgIpc) is 3.10. The summed E-state index contributed by atoms with van der Waals surface area (Å²) in [5.74, 6) is 1.21. The number of amides is 1. The van der Waals surface area contributed by atoms with Crippen LogP contribution in [-0.4, -0.2) is 45.0 Å². The van der Waals surface area contributed by atoms with E-state index in [1.807, 2.05) is 24.3 Å². The Kier molecular flexibility index (Phi) is 7.50. The van der Waals surface area contributed by atoms with Crippen LogP contribution in [0.3, 0.4) is 0 Å². The highest BCUT2D eigenvalue weighted by molar-refractivity contribution is 7.99. The Morgan fingerprint density at radius 1 is 1.19 bits per heavy atom. The number of carbonyl (C=O) groups is 1. The third kappa shape index (κ3) is 6.23. The summed E-state index contributed by atoms with van der Waals surface area (Å²) in [6.45, 7) is 0.559. The van der Waals surface area contributed by atoms with E-state index < -0.39 is 0 Å². The molecule has 1 amide bonds. The Labute approximate surface area is 164 Å². The summed E-state index contributed by atoms with van der Waals surface area (Å²) in [5.41, 5.74) is 1.07. The van der Waals surface area contributed by atoms with Gasteiger partial charge in [0, 0.05) is 6.04 Å². The summed E-state index contributed by atoms with van der Waals surface area (Å²) >= 11 is 1.38. The van der Waals surface area contributed by atoms with Crippen LogP contribution in [0, 0.1) is 0 Å². The molecule has 1 aromatic carbocycles. The maximum atomic E-state index is 12.3. The Bertz CT molecular complexity index is 711. The topological polar surface area (TPSA) is 81.9 Å². The van der Waals surface area contributed by atoms with E-state index in [1.54, 1.807) is 11.8 Å². The second-order valence-electron chi connectivity index (χ2n) is 6.87. The summed E-state index contributed by atoms with van der Waals surface area (Å²) in [4.78, 5) is 12.3. The molecule has 1 aliphatic rings. The fourth-order valence-electron chi connectivity index (χ4n) is 3.30. The number of hydrogen-bond donors (Lipinski definition) is 1. The molecule has 7 nitrogen and oxygen atoms in total. The van der Waals surface area contributed by atoms with Crippen LogP contribution in [0.4, 0.5) is 0 Å². The minimum atomic E-state index is 0.0598. The summed E-state index contributed by atoms with van der Waals surface area (Å²) in [5, 5.41) is 15.7. The molecule has 0 spiro atoms. The fraction of sp³-hybridized carbons (Fsp3) is 0.579. The fourth-order valence-corrected chi connectivity index (χ4v) is 3.99. The number of aromatic nitrogens is 4. The van der Waals surface area contributed by atoms with Crippen LogP contribution in [0.1, 0.15) is 50.5 Å². The van der Waals surface area contributed by atoms with Crippen LogP contribution in [-0.2, 0) is 11.3 Å². The maximum absolute atomic E-state index is 12.3. The molecule has 2 aromatic rings. The van der Waals surface area contributed by atoms with Crippen LogP contribution >= 0.6 is 11.8 Å². The zero-order valence-electron chi connectivity index (χ0n) is 15.8. The van der Waals surface area contributed by atoms with Crippen molar-refractivity contribution in [2.24, 2.45) is 0 Å². The number of nitrogens with one attached hydrogen (secondary N) is 1. The zero-order chi connectivity index (χ0) is 18.9. The molecule has 1 saturated carbocycles. The van der Waals surface area contributed by atoms with E-state index in [9.17, 15) is 4.79 Å². The van der Waals surface area contributed by atoms with Gasteiger partial charge in [-0.25, -0.2) is 4.68 Å². The van der Waals surface area contributed by atoms with Gasteiger partial charge in [-0.1, -0.05) is 56.0 Å². The van der Waals surface area contributed by atoms with Gasteiger partial charge in [0.2, 0.25) is 11.1 Å². The number of benzene rings is 1. The highest BCUT2D eigenvalue weighted by atomic mass is 32.2. The summed E-state index contributed by atoms with van der Waals surface area (Å²) in [7, 11) is 1.65. The molecule has 3 rings (SSSR count). The first kappa shape index (κ1) is 19.7. The molecule has 0 saturated heterocycles. The van der Waals surface area contributed by atoms with Crippen molar-refractivity contribution < 1.29 is 9.53 Å². The minimum absolute atomic E-state index is 0.0598. The van der Waals surface area contributed by atoms with Crippen molar-refractivity contribution in [3.63, 3.8) is 0 Å². The molecule has 0 aliphatic heterocycles. The van der Waals surface area contributed by atoms with E-state index in [0.29, 0.717) is 23.5 Å². The molecule has 1 N–H and O–H groups in total. The molecule has 0 unspecified atom stereocenters. The van der Waals surface area contributed by atoms with Gasteiger partial charge in [-0.05, 0) is 41.0 Å². The lowest BCUT2D eigenvalue weighted by Crippen LogP contribution is -2.36. The first-order chi connectivity index (χ1) is 13.2. The van der Waals surface area contributed by atoms with Crippen molar-refractivity contribution in [2.45, 2.75) is 62.7 Å². The zero-order valence-corrected chi connectivity index (χ0v) is 16.6. The SMILES string of the molecule is COc1ccc(Cn2nnnc2SCC(=O)NC2CCCCCCC2)cc1. The quantitative estimate of drug-likeness (QED) is 0.733. The Morgan fingerprint density at radius 3 is 2.59 bits per heavy atom. The number of tetrazole rings is 1. The molecule has 1 aliphatic carbocycles. The number of methoxy groups -OCH3 is 1. The number of rotatable bonds is 7. The van der Waals surface area contributed by atoms with Crippen molar-refractivity contribution in [1.29, 1.82) is 0 Å². The van der Waals surface area contributed by atoms with Crippen molar-refractivity contribution in [3.8, 4) is 5.75 Å². The molecular weight excluding hydrogens is 362 g/mol. The lowest BCUT2D eigenvalue weighted by atomic mass is 9.97. The highest BCUT2D eigenvalue weighted by Gasteiger charge is 2.15. The molecule has 0 atom stereocenters. The summed E-state index contributed by atoms with van der Waals surface area (Å²) < 4.78 is 6.89. The van der Waals surface area contributed by atoms with E-state index in [0.717, 1.165) is 24.2 Å². The minimum Gasteiger partial charge on any atom is -0.497 e. The second-order valence-corrected chi connectivity index (χ2v) is 7.81. The second kappa shape index (κ2) is 10.3. The maximum Gasteiger partial charge on any atom is 0.230 e. The Balaban J connectivity index is 1.49. The molecule has 1 fully saturated rings. The Morgan fingerprint density at radius 2 is 1.89 bits per heavy atom. The molecule has 27 heavy (non-hydrogen) atoms. The van der Waals surface area contributed by atoms with Gasteiger partial charge in [-0.15, -0.1) is 5.10 Å². The number of hydrogen-bond acceptors (Lipinski definition) is 6. The predicted molar refractivity (Wildman–Crippen MR) is 105 cm³/mol. The summed E-state index contributed by atoms with van der Waals surface area (Å²) in [6.07, 6.45) is 8.48. The van der Waals surface area contributed by atoms with Crippen LogP contribution in [0.2, 0.25) is 0 Å². The van der Waals surface area contributed by atoms with E-state index in [4.69, 9.17) is 4.74 Å². The summed E-state index contributed by atoms with van der Waals surface area (Å²) in [6, 6.07) is 8.10. The van der Waals surface area contributed by atoms with E-state index in [2.05, 4.69) is 20.8 Å². The number of nitrogens with zero attached hydrogens (tertiary/aromatic N) is 4. The van der Waals surface area contributed by atoms with Gasteiger partial charge in [-0.2, -0.15) is 0 Å². The first-order valence-corrected chi connectivity index (χ1v) is 10.5. The van der Waals surface area contributed by atoms with Gasteiger partial charge in [0.05, 0.1) is 19.4 Å². The average molecular weight is 390 g/mol. The third-order valence-corrected chi connectivity index (χ3v) is 5.75. The number of ether oxygens (including phenoxy) is 1. The van der Waals surface area contributed by atoms with Gasteiger partial charge in [0.25, 0.3) is 0 Å². The number of thioether (sulfide) groups is 1. The lowest BCUT2D eigenvalue weighted by molar-refractivity contribution is -0.119. The molecule has 0 radical (unpaired) electrons. The van der Waals surface area contributed by atoms with Crippen LogP contribution in [0.25, 0.3) is 0 Å². The predicted octanol–water partition coefficient (Wildman–Crippen LogP) is 3.05. The molecule has 1 heterocycles. The highest BCUT2D eigenvalue weighted by Crippen LogP contribution is 2.19. The standard InChI is InChI=1S/C19H27N5O2S/c1-26-17-11-9-15(10-12-17)13-24-19(21-22-23-24)27-14-18(25)20-16-7-5-3-2-4-6-8-16/h9-12,16H,2-8,13-14H2,1H3,(H,20,25). The van der Waals surface area contributed by atoms with Gasteiger partial charge in [-0.3, -0.25) is 4.79 Å². The van der Waals surface area contributed by atoms with Gasteiger partial charge in [0.1, 0.15) is 5.75 Å². The van der Waals surface area contributed by atoms with E-state index in [-0.39, 0.29) is 5.91 Å². The first-order valence-electron chi connectivity index (χ1n) is 9.56. The van der Waals surface area contributed by atoms with Crippen molar-refractivity contribution in [3.05, 3.63) is 29.8 Å². The van der Waals surface area contributed by atoms with Crippen LogP contribution in [0.15, 0.2) is 29.4 Å². The smallest absolute Gasteiger partial charge is 0.230 e. The van der Waals surface area contributed by atoms with Crippen LogP contribution in [0.5, 0.6) is 5.75 Å². The largest absolute Gasteiger partial charge is 0.497 e. The third-order valence-electron chi connectivity index (χ3n) is 4.79. The molecule has 8 heteroatoms. The van der Waals surface area contributed by atoms with Crippen molar-refractivity contribution in [1.82, 2.24) is 25.5 Å². The van der Waals surface area contributed by atoms with E-state index in [1.165, 1.54) is 43.9 Å². The van der Waals surface area contributed by atoms with E-state index >= 15 is 0 Å². The Hall–Kier alpha value is -2.09.